The first kappa shape index (κ1) is 19.4. The highest BCUT2D eigenvalue weighted by atomic mass is 32.2. The quantitative estimate of drug-likeness (QED) is 0.592. The van der Waals surface area contributed by atoms with Gasteiger partial charge in [0.2, 0.25) is 0 Å². The summed E-state index contributed by atoms with van der Waals surface area (Å²) in [6, 6.07) is 6.85. The van der Waals surface area contributed by atoms with Gasteiger partial charge in [0.1, 0.15) is 0 Å². The molecule has 136 valence electrons. The number of sulfone groups is 1. The monoisotopic (exact) mass is 380 g/mol. The first-order chi connectivity index (χ1) is 11.8. The molecule has 0 unspecified atom stereocenters. The Bertz CT molecular complexity index is 821. The van der Waals surface area contributed by atoms with Crippen LogP contribution in [-0.4, -0.2) is 39.2 Å². The lowest BCUT2D eigenvalue weighted by Crippen LogP contribution is -2.37. The van der Waals surface area contributed by atoms with Crippen molar-refractivity contribution in [2.75, 3.05) is 19.8 Å². The third-order valence-electron chi connectivity index (χ3n) is 3.74. The molecule has 8 heteroatoms. The van der Waals surface area contributed by atoms with Crippen molar-refractivity contribution >= 4 is 27.1 Å². The number of hydrogen-bond acceptors (Lipinski definition) is 5. The second-order valence-electron chi connectivity index (χ2n) is 5.77. The van der Waals surface area contributed by atoms with E-state index in [1.54, 1.807) is 42.6 Å². The highest BCUT2D eigenvalue weighted by molar-refractivity contribution is 7.90. The van der Waals surface area contributed by atoms with Gasteiger partial charge in [0.15, 0.2) is 15.8 Å². The van der Waals surface area contributed by atoms with Crippen LogP contribution in [0.1, 0.15) is 21.1 Å². The van der Waals surface area contributed by atoms with Crippen molar-refractivity contribution in [3.05, 3.63) is 45.4 Å². The number of aliphatic imine (C=N–C) groups is 1. The molecule has 0 saturated carbocycles. The van der Waals surface area contributed by atoms with E-state index in [1.807, 2.05) is 6.92 Å². The molecule has 0 spiro atoms. The molecular weight excluding hydrogens is 356 g/mol. The molecule has 0 aliphatic heterocycles. The smallest absolute Gasteiger partial charge is 0.191 e. The van der Waals surface area contributed by atoms with Crippen LogP contribution >= 0.6 is 11.3 Å². The molecule has 0 aliphatic carbocycles. The van der Waals surface area contributed by atoms with E-state index < -0.39 is 9.84 Å². The number of guanidine groups is 1. The number of nitrogens with zero attached hydrogens (tertiary/aromatic N) is 2. The van der Waals surface area contributed by atoms with Gasteiger partial charge < -0.3 is 10.6 Å². The van der Waals surface area contributed by atoms with Crippen molar-refractivity contribution < 1.29 is 8.42 Å². The fourth-order valence-corrected chi connectivity index (χ4v) is 3.76. The fraction of sp³-hybridized carbons (Fsp3) is 0.412. The maximum Gasteiger partial charge on any atom is 0.191 e. The van der Waals surface area contributed by atoms with Crippen LogP contribution in [0.3, 0.4) is 0 Å². The Morgan fingerprint density at radius 1 is 1.20 bits per heavy atom. The first-order valence-electron chi connectivity index (χ1n) is 7.96. The van der Waals surface area contributed by atoms with E-state index >= 15 is 0 Å². The molecule has 1 heterocycles. The number of aryl methyl sites for hydroxylation is 2. The van der Waals surface area contributed by atoms with Crippen molar-refractivity contribution in [2.45, 2.75) is 31.7 Å². The largest absolute Gasteiger partial charge is 0.356 e. The Morgan fingerprint density at radius 3 is 2.40 bits per heavy atom. The van der Waals surface area contributed by atoms with Gasteiger partial charge in [-0.05, 0) is 31.5 Å². The van der Waals surface area contributed by atoms with Crippen LogP contribution in [0.15, 0.2) is 34.2 Å². The van der Waals surface area contributed by atoms with E-state index in [1.165, 1.54) is 11.1 Å². The molecule has 1 aromatic carbocycles. The maximum absolute atomic E-state index is 11.5. The van der Waals surface area contributed by atoms with Gasteiger partial charge in [0.25, 0.3) is 0 Å². The molecule has 0 radical (unpaired) electrons. The van der Waals surface area contributed by atoms with Crippen molar-refractivity contribution in [1.82, 2.24) is 15.6 Å². The third kappa shape index (κ3) is 5.82. The molecule has 0 fully saturated rings. The minimum Gasteiger partial charge on any atom is -0.356 e. The Kier molecular flexibility index (Phi) is 6.55. The zero-order chi connectivity index (χ0) is 18.4. The second-order valence-corrected chi connectivity index (χ2v) is 9.07. The Hall–Kier alpha value is -1.93. The van der Waals surface area contributed by atoms with Crippen molar-refractivity contribution in [1.29, 1.82) is 0 Å². The highest BCUT2D eigenvalue weighted by Gasteiger charge is 2.07. The predicted molar refractivity (Wildman–Crippen MR) is 103 cm³/mol. The number of rotatable bonds is 6. The fourth-order valence-electron chi connectivity index (χ4n) is 2.19. The van der Waals surface area contributed by atoms with Gasteiger partial charge in [-0.1, -0.05) is 12.1 Å². The average molecular weight is 381 g/mol. The maximum atomic E-state index is 11.5. The summed E-state index contributed by atoms with van der Waals surface area (Å²) in [6.07, 6.45) is 2.06. The summed E-state index contributed by atoms with van der Waals surface area (Å²) in [6.45, 7) is 5.43. The zero-order valence-corrected chi connectivity index (χ0v) is 16.6. The zero-order valence-electron chi connectivity index (χ0n) is 15.0. The van der Waals surface area contributed by atoms with Gasteiger partial charge in [-0.25, -0.2) is 13.4 Å². The number of hydrogen-bond donors (Lipinski definition) is 2. The Balaban J connectivity index is 1.82. The van der Waals surface area contributed by atoms with Gasteiger partial charge in [-0.3, -0.25) is 4.99 Å². The van der Waals surface area contributed by atoms with Crippen LogP contribution < -0.4 is 10.6 Å². The minimum atomic E-state index is -3.16. The lowest BCUT2D eigenvalue weighted by molar-refractivity contribution is 0.602. The summed E-state index contributed by atoms with van der Waals surface area (Å²) in [7, 11) is -1.43. The molecule has 0 aliphatic rings. The van der Waals surface area contributed by atoms with Crippen LogP contribution in [0.2, 0.25) is 0 Å². The number of benzene rings is 1. The molecule has 6 nitrogen and oxygen atoms in total. The number of aromatic nitrogens is 1. The highest BCUT2D eigenvalue weighted by Crippen LogP contribution is 2.16. The van der Waals surface area contributed by atoms with E-state index in [2.05, 4.69) is 27.5 Å². The summed E-state index contributed by atoms with van der Waals surface area (Å²) in [5, 5.41) is 7.60. The predicted octanol–water partition coefficient (Wildman–Crippen LogP) is 2.07. The van der Waals surface area contributed by atoms with Crippen molar-refractivity contribution in [2.24, 2.45) is 4.99 Å². The minimum absolute atomic E-state index is 0.327. The molecule has 2 aromatic rings. The summed E-state index contributed by atoms with van der Waals surface area (Å²) < 4.78 is 22.9. The number of thiazole rings is 1. The van der Waals surface area contributed by atoms with Crippen molar-refractivity contribution in [3.8, 4) is 0 Å². The molecule has 0 saturated heterocycles. The van der Waals surface area contributed by atoms with Crippen LogP contribution in [-0.2, 0) is 22.8 Å². The molecular formula is C17H24N4O2S2. The SMILES string of the molecule is CN=C(NCCc1nc(C)c(C)s1)NCc1ccc(S(C)(=O)=O)cc1. The summed E-state index contributed by atoms with van der Waals surface area (Å²) in [5.41, 5.74) is 2.08. The Labute approximate surface area is 153 Å². The van der Waals surface area contributed by atoms with Crippen LogP contribution in [0.25, 0.3) is 0 Å². The van der Waals surface area contributed by atoms with E-state index in [-0.39, 0.29) is 0 Å². The van der Waals surface area contributed by atoms with Gasteiger partial charge in [-0.2, -0.15) is 0 Å². The van der Waals surface area contributed by atoms with E-state index in [0.717, 1.165) is 29.2 Å². The van der Waals surface area contributed by atoms with E-state index in [9.17, 15) is 8.42 Å². The molecule has 0 atom stereocenters. The molecule has 0 amide bonds. The molecule has 25 heavy (non-hydrogen) atoms. The topological polar surface area (TPSA) is 83.4 Å². The van der Waals surface area contributed by atoms with Crippen LogP contribution in [0, 0.1) is 13.8 Å². The van der Waals surface area contributed by atoms with Gasteiger partial charge in [-0.15, -0.1) is 11.3 Å². The van der Waals surface area contributed by atoms with Crippen molar-refractivity contribution in [3.63, 3.8) is 0 Å². The van der Waals surface area contributed by atoms with E-state index in [4.69, 9.17) is 0 Å². The van der Waals surface area contributed by atoms with Crippen LogP contribution in [0.5, 0.6) is 0 Å². The standard InChI is InChI=1S/C17H24N4O2S2/c1-12-13(2)24-16(21-12)9-10-19-17(18-3)20-11-14-5-7-15(8-6-14)25(4,22)23/h5-8H,9-11H2,1-4H3,(H2,18,19,20). The summed E-state index contributed by atoms with van der Waals surface area (Å²) >= 11 is 1.73. The average Bonchev–Trinajstić information content (AvgIpc) is 2.88. The van der Waals surface area contributed by atoms with E-state index in [0.29, 0.717) is 17.4 Å². The first-order valence-corrected chi connectivity index (χ1v) is 10.7. The van der Waals surface area contributed by atoms with Gasteiger partial charge in [0, 0.05) is 37.7 Å². The Morgan fingerprint density at radius 2 is 1.88 bits per heavy atom. The molecule has 1 aromatic heterocycles. The van der Waals surface area contributed by atoms with Gasteiger partial charge >= 0.3 is 0 Å². The summed E-state index contributed by atoms with van der Waals surface area (Å²) in [4.78, 5) is 10.3. The molecule has 2 rings (SSSR count). The lowest BCUT2D eigenvalue weighted by Gasteiger charge is -2.11. The molecule has 2 N–H and O–H groups in total. The summed E-state index contributed by atoms with van der Waals surface area (Å²) in [5.74, 6) is 0.706. The lowest BCUT2D eigenvalue weighted by atomic mass is 10.2. The van der Waals surface area contributed by atoms with Crippen LogP contribution in [0.4, 0.5) is 0 Å². The normalized spacial score (nSPS) is 12.2. The second kappa shape index (κ2) is 8.44. The number of nitrogens with one attached hydrogen (secondary N) is 2. The van der Waals surface area contributed by atoms with Gasteiger partial charge in [0.05, 0.1) is 15.6 Å². The third-order valence-corrected chi connectivity index (χ3v) is 6.00. The molecule has 0 bridgehead atoms.